The van der Waals surface area contributed by atoms with E-state index in [1.54, 1.807) is 20.8 Å². The Kier molecular flexibility index (Phi) is 6.49. The minimum absolute atomic E-state index is 0.0145. The Morgan fingerprint density at radius 1 is 0.880 bits per heavy atom. The largest absolute Gasteiger partial charge is 0.443 e. The molecule has 0 saturated heterocycles. The Bertz CT molecular complexity index is 692. The van der Waals surface area contributed by atoms with Crippen LogP contribution in [-0.4, -0.2) is 29.5 Å². The summed E-state index contributed by atoms with van der Waals surface area (Å²) in [4.78, 5) is 45.8. The number of amides is 2. The molecule has 1 aromatic carbocycles. The fraction of sp³-hybridized carbons (Fsp3) is 0.375. The summed E-state index contributed by atoms with van der Waals surface area (Å²) in [5, 5.41) is 0. The van der Waals surface area contributed by atoms with E-state index in [9.17, 15) is 19.2 Å². The summed E-state index contributed by atoms with van der Waals surface area (Å²) in [5.74, 6) is -2.07. The average molecular weight is 352 g/mol. The highest BCUT2D eigenvalue weighted by atomic mass is 16.6. The van der Waals surface area contributed by atoms with E-state index in [2.05, 4.69) is 10.9 Å². The summed E-state index contributed by atoms with van der Waals surface area (Å²) in [6, 6.07) is 3.82. The first kappa shape index (κ1) is 19.9. The molecule has 1 aromatic rings. The molecule has 0 spiro atoms. The quantitative estimate of drug-likeness (QED) is 0.482. The molecule has 136 valence electrons. The highest BCUT2D eigenvalue weighted by Crippen LogP contribution is 2.28. The van der Waals surface area contributed by atoms with Gasteiger partial charge in [-0.05, 0) is 39.0 Å². The Morgan fingerprint density at radius 2 is 1.44 bits per heavy atom. The lowest BCUT2D eigenvalue weighted by Gasteiger charge is -2.19. The van der Waals surface area contributed by atoms with Gasteiger partial charge in [0.1, 0.15) is 5.60 Å². The number of hydrazine groups is 1. The number of rotatable bonds is 3. The minimum Gasteiger partial charge on any atom is -0.443 e. The van der Waals surface area contributed by atoms with Gasteiger partial charge in [0.05, 0.1) is 0 Å². The van der Waals surface area contributed by atoms with Gasteiger partial charge in [-0.1, -0.05) is 0 Å². The van der Waals surface area contributed by atoms with Gasteiger partial charge in [-0.15, -0.1) is 0 Å². The standard InChI is InChI=1S/C16H20N2O7/c1-9(19)23-12-7-6-11(8-13(12)24-10(2)20)14(21)17-18-15(22)25-16(3,4)5/h6-8H,1-5H3,(H,17,21)(H,18,22). The molecule has 9 nitrogen and oxygen atoms in total. The van der Waals surface area contributed by atoms with Crippen LogP contribution in [0.4, 0.5) is 4.79 Å². The number of hydrogen-bond donors (Lipinski definition) is 2. The second-order valence-electron chi connectivity index (χ2n) is 5.93. The molecule has 0 aliphatic heterocycles. The molecule has 0 aliphatic rings. The highest BCUT2D eigenvalue weighted by Gasteiger charge is 2.18. The zero-order valence-corrected chi connectivity index (χ0v) is 14.6. The summed E-state index contributed by atoms with van der Waals surface area (Å²) in [6.07, 6.45) is -0.836. The van der Waals surface area contributed by atoms with Gasteiger partial charge in [0.2, 0.25) is 0 Å². The highest BCUT2D eigenvalue weighted by molar-refractivity contribution is 5.95. The van der Waals surface area contributed by atoms with Crippen molar-refractivity contribution in [3.8, 4) is 11.5 Å². The summed E-state index contributed by atoms with van der Waals surface area (Å²) in [7, 11) is 0. The number of carbonyl (C=O) groups is 4. The van der Waals surface area contributed by atoms with Crippen molar-refractivity contribution < 1.29 is 33.4 Å². The van der Waals surface area contributed by atoms with E-state index in [1.807, 2.05) is 0 Å². The van der Waals surface area contributed by atoms with E-state index < -0.39 is 29.5 Å². The van der Waals surface area contributed by atoms with Gasteiger partial charge in [-0.2, -0.15) is 0 Å². The molecular weight excluding hydrogens is 332 g/mol. The normalized spacial score (nSPS) is 10.4. The van der Waals surface area contributed by atoms with E-state index in [0.29, 0.717) is 0 Å². The Labute approximate surface area is 144 Å². The predicted molar refractivity (Wildman–Crippen MR) is 85.9 cm³/mol. The minimum atomic E-state index is -0.836. The molecule has 0 saturated carbocycles. The summed E-state index contributed by atoms with van der Waals surface area (Å²) in [6.45, 7) is 7.37. The van der Waals surface area contributed by atoms with Gasteiger partial charge in [-0.25, -0.2) is 10.2 Å². The van der Waals surface area contributed by atoms with Gasteiger partial charge >= 0.3 is 18.0 Å². The second-order valence-corrected chi connectivity index (χ2v) is 5.93. The molecule has 9 heteroatoms. The Balaban J connectivity index is 2.86. The summed E-state index contributed by atoms with van der Waals surface area (Å²) in [5.41, 5.74) is 3.58. The molecule has 0 radical (unpaired) electrons. The number of carbonyl (C=O) groups excluding carboxylic acids is 4. The molecule has 25 heavy (non-hydrogen) atoms. The molecule has 2 amide bonds. The maximum atomic E-state index is 12.1. The lowest BCUT2D eigenvalue weighted by Crippen LogP contribution is -2.44. The van der Waals surface area contributed by atoms with E-state index in [0.717, 1.165) is 6.92 Å². The van der Waals surface area contributed by atoms with E-state index in [1.165, 1.54) is 25.1 Å². The molecule has 2 N–H and O–H groups in total. The van der Waals surface area contributed by atoms with Crippen molar-refractivity contribution in [3.63, 3.8) is 0 Å². The van der Waals surface area contributed by atoms with Gasteiger partial charge < -0.3 is 14.2 Å². The fourth-order valence-corrected chi connectivity index (χ4v) is 1.61. The maximum Gasteiger partial charge on any atom is 0.426 e. The summed E-state index contributed by atoms with van der Waals surface area (Å²) >= 11 is 0. The monoisotopic (exact) mass is 352 g/mol. The van der Waals surface area contributed by atoms with Crippen molar-refractivity contribution in [2.24, 2.45) is 0 Å². The number of hydrogen-bond acceptors (Lipinski definition) is 7. The number of ether oxygens (including phenoxy) is 3. The van der Waals surface area contributed by atoms with Gasteiger partial charge in [0.15, 0.2) is 11.5 Å². The van der Waals surface area contributed by atoms with Gasteiger partial charge in [-0.3, -0.25) is 19.8 Å². The molecule has 0 aromatic heterocycles. The Hall–Kier alpha value is -3.10. The van der Waals surface area contributed by atoms with Crippen LogP contribution in [0.15, 0.2) is 18.2 Å². The third kappa shape index (κ3) is 7.34. The first-order chi connectivity index (χ1) is 11.5. The first-order valence-electron chi connectivity index (χ1n) is 7.28. The third-order valence-corrected chi connectivity index (χ3v) is 2.39. The number of esters is 2. The van der Waals surface area contributed by atoms with Crippen molar-refractivity contribution >= 4 is 23.9 Å². The molecule has 0 fully saturated rings. The molecule has 0 atom stereocenters. The van der Waals surface area contributed by atoms with Crippen LogP contribution in [-0.2, 0) is 14.3 Å². The topological polar surface area (TPSA) is 120 Å². The van der Waals surface area contributed by atoms with Crippen LogP contribution in [0.25, 0.3) is 0 Å². The van der Waals surface area contributed by atoms with Gasteiger partial charge in [0.25, 0.3) is 5.91 Å². The first-order valence-corrected chi connectivity index (χ1v) is 7.28. The fourth-order valence-electron chi connectivity index (χ4n) is 1.61. The lowest BCUT2D eigenvalue weighted by atomic mass is 10.2. The predicted octanol–water partition coefficient (Wildman–Crippen LogP) is 1.71. The van der Waals surface area contributed by atoms with E-state index in [-0.39, 0.29) is 17.1 Å². The maximum absolute atomic E-state index is 12.1. The smallest absolute Gasteiger partial charge is 0.426 e. The van der Waals surface area contributed by atoms with E-state index in [4.69, 9.17) is 14.2 Å². The summed E-state index contributed by atoms with van der Waals surface area (Å²) < 4.78 is 14.8. The molecule has 0 heterocycles. The van der Waals surface area contributed by atoms with Gasteiger partial charge in [0, 0.05) is 19.4 Å². The van der Waals surface area contributed by atoms with Crippen LogP contribution >= 0.6 is 0 Å². The van der Waals surface area contributed by atoms with Crippen molar-refractivity contribution in [2.75, 3.05) is 0 Å². The third-order valence-electron chi connectivity index (χ3n) is 2.39. The van der Waals surface area contributed by atoms with Crippen LogP contribution in [0.5, 0.6) is 11.5 Å². The van der Waals surface area contributed by atoms with Crippen molar-refractivity contribution in [3.05, 3.63) is 23.8 Å². The Morgan fingerprint density at radius 3 is 1.96 bits per heavy atom. The lowest BCUT2D eigenvalue weighted by molar-refractivity contribution is -0.134. The molecule has 1 rings (SSSR count). The van der Waals surface area contributed by atoms with Crippen LogP contribution < -0.4 is 20.3 Å². The molecule has 0 aliphatic carbocycles. The SMILES string of the molecule is CC(=O)Oc1ccc(C(=O)NNC(=O)OC(C)(C)C)cc1OC(C)=O. The van der Waals surface area contributed by atoms with E-state index >= 15 is 0 Å². The van der Waals surface area contributed by atoms with Crippen LogP contribution in [0.3, 0.4) is 0 Å². The van der Waals surface area contributed by atoms with Crippen LogP contribution in [0.2, 0.25) is 0 Å². The van der Waals surface area contributed by atoms with Crippen molar-refractivity contribution in [1.82, 2.24) is 10.9 Å². The average Bonchev–Trinajstić information content (AvgIpc) is 2.43. The molecule has 0 unspecified atom stereocenters. The van der Waals surface area contributed by atoms with Crippen molar-refractivity contribution in [1.29, 1.82) is 0 Å². The molecule has 0 bridgehead atoms. The number of nitrogens with one attached hydrogen (secondary N) is 2. The van der Waals surface area contributed by atoms with Crippen LogP contribution in [0, 0.1) is 0 Å². The second kappa shape index (κ2) is 8.13. The molecular formula is C16H20N2O7. The van der Waals surface area contributed by atoms with Crippen molar-refractivity contribution in [2.45, 2.75) is 40.2 Å². The number of benzene rings is 1. The van der Waals surface area contributed by atoms with Crippen LogP contribution in [0.1, 0.15) is 45.0 Å². The zero-order chi connectivity index (χ0) is 19.2. The zero-order valence-electron chi connectivity index (χ0n) is 14.6.